The van der Waals surface area contributed by atoms with Crippen molar-refractivity contribution in [1.29, 1.82) is 0 Å². The van der Waals surface area contributed by atoms with Gasteiger partial charge in [0.05, 0.1) is 7.11 Å². The summed E-state index contributed by atoms with van der Waals surface area (Å²) in [5, 5.41) is 0. The molecule has 3 aromatic rings. The number of methoxy groups -OCH3 is 1. The van der Waals surface area contributed by atoms with Gasteiger partial charge in [0.15, 0.2) is 5.60 Å². The zero-order chi connectivity index (χ0) is 18.9. The van der Waals surface area contributed by atoms with Crippen LogP contribution in [0.2, 0.25) is 0 Å². The molecule has 4 rings (SSSR count). The monoisotopic (exact) mass is 360 g/mol. The van der Waals surface area contributed by atoms with E-state index in [1.807, 2.05) is 54.6 Å². The Morgan fingerprint density at radius 1 is 0.852 bits per heavy atom. The molecule has 0 bridgehead atoms. The smallest absolute Gasteiger partial charge is 0.203 e. The first-order chi connectivity index (χ1) is 13.1. The third kappa shape index (κ3) is 2.98. The lowest BCUT2D eigenvalue weighted by Gasteiger charge is -2.44. The van der Waals surface area contributed by atoms with E-state index in [1.165, 1.54) is 0 Å². The molecule has 0 spiro atoms. The first-order valence-electron chi connectivity index (χ1n) is 9.29. The quantitative estimate of drug-likeness (QED) is 0.625. The molecule has 0 radical (unpaired) electrons. The highest BCUT2D eigenvalue weighted by molar-refractivity contribution is 5.56. The summed E-state index contributed by atoms with van der Waals surface area (Å²) in [5.41, 5.74) is 2.33. The van der Waals surface area contributed by atoms with Crippen LogP contribution in [-0.4, -0.2) is 13.4 Å². The lowest BCUT2D eigenvalue weighted by Crippen LogP contribution is -2.45. The molecule has 0 fully saturated rings. The van der Waals surface area contributed by atoms with Crippen LogP contribution in [0.5, 0.6) is 11.5 Å². The van der Waals surface area contributed by atoms with Crippen molar-refractivity contribution in [3.63, 3.8) is 0 Å². The van der Waals surface area contributed by atoms with Crippen molar-refractivity contribution in [3.8, 4) is 11.5 Å². The van der Waals surface area contributed by atoms with Gasteiger partial charge in [0.25, 0.3) is 0 Å². The number of ether oxygens (including phenoxy) is 3. The van der Waals surface area contributed by atoms with E-state index in [0.717, 1.165) is 28.2 Å². The molecule has 3 aromatic carbocycles. The fourth-order valence-electron chi connectivity index (χ4n) is 3.63. The van der Waals surface area contributed by atoms with Gasteiger partial charge in [-0.05, 0) is 29.3 Å². The van der Waals surface area contributed by atoms with E-state index >= 15 is 0 Å². The third-order valence-electron chi connectivity index (χ3n) is 5.01. The fraction of sp³-hybridized carbons (Fsp3) is 0.250. The molecule has 0 saturated heterocycles. The number of rotatable bonds is 4. The number of benzene rings is 3. The maximum absolute atomic E-state index is 6.76. The standard InChI is InChI=1S/C24H24O3/c1-17(2)23-26-22-15-14-20(25-3)16-21(22)24(27-23,18-10-6-4-7-11-18)19-12-8-5-9-13-19/h4-17,23H,1-3H3. The van der Waals surface area contributed by atoms with Gasteiger partial charge in [0.1, 0.15) is 11.5 Å². The molecule has 1 aliphatic heterocycles. The lowest BCUT2D eigenvalue weighted by molar-refractivity contribution is -0.183. The highest BCUT2D eigenvalue weighted by atomic mass is 16.7. The maximum atomic E-state index is 6.76. The van der Waals surface area contributed by atoms with Crippen LogP contribution in [0.3, 0.4) is 0 Å². The normalized spacial score (nSPS) is 17.9. The highest BCUT2D eigenvalue weighted by Crippen LogP contribution is 2.50. The number of hydrogen-bond acceptors (Lipinski definition) is 3. The van der Waals surface area contributed by atoms with Crippen molar-refractivity contribution < 1.29 is 14.2 Å². The largest absolute Gasteiger partial charge is 0.497 e. The topological polar surface area (TPSA) is 27.7 Å². The van der Waals surface area contributed by atoms with Crippen LogP contribution in [0.4, 0.5) is 0 Å². The molecule has 1 unspecified atom stereocenters. The van der Waals surface area contributed by atoms with Crippen molar-refractivity contribution in [2.75, 3.05) is 7.11 Å². The average molecular weight is 360 g/mol. The Morgan fingerprint density at radius 2 is 1.44 bits per heavy atom. The zero-order valence-electron chi connectivity index (χ0n) is 15.9. The van der Waals surface area contributed by atoms with E-state index < -0.39 is 5.60 Å². The molecule has 0 saturated carbocycles. The van der Waals surface area contributed by atoms with Crippen LogP contribution in [0.25, 0.3) is 0 Å². The van der Waals surface area contributed by atoms with Gasteiger partial charge in [-0.1, -0.05) is 74.5 Å². The average Bonchev–Trinajstić information content (AvgIpc) is 2.73. The molecule has 0 aromatic heterocycles. The summed E-state index contributed by atoms with van der Waals surface area (Å²) in [6.45, 7) is 4.22. The zero-order valence-corrected chi connectivity index (χ0v) is 15.9. The Morgan fingerprint density at radius 3 is 1.96 bits per heavy atom. The molecule has 3 nitrogen and oxygen atoms in total. The molecule has 138 valence electrons. The Bertz CT molecular complexity index is 864. The first-order valence-corrected chi connectivity index (χ1v) is 9.29. The fourth-order valence-corrected chi connectivity index (χ4v) is 3.63. The molecule has 1 atom stereocenters. The van der Waals surface area contributed by atoms with Crippen LogP contribution in [0.15, 0.2) is 78.9 Å². The molecule has 0 N–H and O–H groups in total. The Kier molecular flexibility index (Phi) is 4.63. The van der Waals surface area contributed by atoms with Crippen LogP contribution < -0.4 is 9.47 Å². The van der Waals surface area contributed by atoms with Crippen molar-refractivity contribution in [2.45, 2.75) is 25.7 Å². The summed E-state index contributed by atoms with van der Waals surface area (Å²) in [5.74, 6) is 1.81. The molecule has 3 heteroatoms. The minimum Gasteiger partial charge on any atom is -0.497 e. The Labute approximate surface area is 160 Å². The van der Waals surface area contributed by atoms with Gasteiger partial charge in [-0.2, -0.15) is 0 Å². The molecule has 1 heterocycles. The van der Waals surface area contributed by atoms with Gasteiger partial charge in [-0.3, -0.25) is 0 Å². The lowest BCUT2D eigenvalue weighted by atomic mass is 9.78. The molecular weight excluding hydrogens is 336 g/mol. The Hall–Kier alpha value is -2.78. The van der Waals surface area contributed by atoms with Crippen molar-refractivity contribution in [1.82, 2.24) is 0 Å². The van der Waals surface area contributed by atoms with E-state index in [0.29, 0.717) is 0 Å². The summed E-state index contributed by atoms with van der Waals surface area (Å²) in [6.07, 6.45) is -0.355. The van der Waals surface area contributed by atoms with E-state index in [9.17, 15) is 0 Å². The van der Waals surface area contributed by atoms with E-state index in [-0.39, 0.29) is 12.2 Å². The van der Waals surface area contributed by atoms with Crippen LogP contribution in [0, 0.1) is 5.92 Å². The van der Waals surface area contributed by atoms with Crippen LogP contribution >= 0.6 is 0 Å². The predicted molar refractivity (Wildman–Crippen MR) is 106 cm³/mol. The molecule has 0 amide bonds. The molecular formula is C24H24O3. The second-order valence-corrected chi connectivity index (χ2v) is 7.12. The summed E-state index contributed by atoms with van der Waals surface area (Å²) < 4.78 is 18.5. The maximum Gasteiger partial charge on any atom is 0.203 e. The summed E-state index contributed by atoms with van der Waals surface area (Å²) in [4.78, 5) is 0. The van der Waals surface area contributed by atoms with E-state index in [1.54, 1.807) is 7.11 Å². The minimum atomic E-state index is -0.764. The Balaban J connectivity index is 2.05. The SMILES string of the molecule is COc1ccc2c(c1)C(c1ccccc1)(c1ccccc1)OC(C(C)C)O2. The summed E-state index contributed by atoms with van der Waals surface area (Å²) in [6, 6.07) is 26.6. The second kappa shape index (κ2) is 7.09. The summed E-state index contributed by atoms with van der Waals surface area (Å²) >= 11 is 0. The van der Waals surface area contributed by atoms with Crippen molar-refractivity contribution >= 4 is 0 Å². The molecule has 27 heavy (non-hydrogen) atoms. The van der Waals surface area contributed by atoms with Crippen molar-refractivity contribution in [3.05, 3.63) is 95.6 Å². The van der Waals surface area contributed by atoms with Crippen molar-refractivity contribution in [2.24, 2.45) is 5.92 Å². The van der Waals surface area contributed by atoms with Gasteiger partial charge < -0.3 is 14.2 Å². The highest BCUT2D eigenvalue weighted by Gasteiger charge is 2.46. The van der Waals surface area contributed by atoms with Gasteiger partial charge in [-0.15, -0.1) is 0 Å². The molecule has 1 aliphatic rings. The van der Waals surface area contributed by atoms with E-state index in [4.69, 9.17) is 14.2 Å². The van der Waals surface area contributed by atoms with Crippen LogP contribution in [0.1, 0.15) is 30.5 Å². The molecule has 0 aliphatic carbocycles. The van der Waals surface area contributed by atoms with Gasteiger partial charge >= 0.3 is 0 Å². The van der Waals surface area contributed by atoms with Gasteiger partial charge in [0, 0.05) is 11.5 Å². The summed E-state index contributed by atoms with van der Waals surface area (Å²) in [7, 11) is 1.68. The first kappa shape index (κ1) is 17.6. The van der Waals surface area contributed by atoms with Crippen LogP contribution in [-0.2, 0) is 10.3 Å². The number of hydrogen-bond donors (Lipinski definition) is 0. The number of fused-ring (bicyclic) bond motifs is 1. The second-order valence-electron chi connectivity index (χ2n) is 7.12. The minimum absolute atomic E-state index is 0.201. The third-order valence-corrected chi connectivity index (χ3v) is 5.01. The van der Waals surface area contributed by atoms with E-state index in [2.05, 4.69) is 38.1 Å². The predicted octanol–water partition coefficient (Wildman–Crippen LogP) is 5.38. The van der Waals surface area contributed by atoms with Gasteiger partial charge in [0.2, 0.25) is 6.29 Å². The van der Waals surface area contributed by atoms with Gasteiger partial charge in [-0.25, -0.2) is 0 Å².